The van der Waals surface area contributed by atoms with E-state index in [9.17, 15) is 0 Å². The molecule has 1 aliphatic rings. The summed E-state index contributed by atoms with van der Waals surface area (Å²) in [7, 11) is 0. The molecule has 2 aromatic carbocycles. The molecule has 0 unspecified atom stereocenters. The SMILES string of the molecule is CC1(C)c2ccccc2-n2c3cnccc3c3cccc1c32. The first-order valence-electron chi connectivity index (χ1n) is 7.67. The van der Waals surface area contributed by atoms with Gasteiger partial charge in [-0.2, -0.15) is 0 Å². The van der Waals surface area contributed by atoms with E-state index >= 15 is 0 Å². The van der Waals surface area contributed by atoms with Crippen molar-refractivity contribution >= 4 is 21.8 Å². The van der Waals surface area contributed by atoms with Crippen LogP contribution in [0.4, 0.5) is 0 Å². The third-order valence-electron chi connectivity index (χ3n) is 5.08. The summed E-state index contributed by atoms with van der Waals surface area (Å²) in [4.78, 5) is 4.36. The van der Waals surface area contributed by atoms with Crippen LogP contribution in [0.25, 0.3) is 27.5 Å². The van der Waals surface area contributed by atoms with Crippen LogP contribution >= 0.6 is 0 Å². The third kappa shape index (κ3) is 1.24. The largest absolute Gasteiger partial charge is 0.307 e. The van der Waals surface area contributed by atoms with Gasteiger partial charge in [-0.05, 0) is 23.3 Å². The molecule has 4 aromatic rings. The summed E-state index contributed by atoms with van der Waals surface area (Å²) in [5.41, 5.74) is 6.56. The lowest BCUT2D eigenvalue weighted by Crippen LogP contribution is -2.26. The number of pyridine rings is 1. The van der Waals surface area contributed by atoms with Crippen molar-refractivity contribution in [3.8, 4) is 5.69 Å². The quantitative estimate of drug-likeness (QED) is 0.453. The van der Waals surface area contributed by atoms with Gasteiger partial charge in [0.25, 0.3) is 0 Å². The molecular weight excluding hydrogens is 268 g/mol. The molecule has 0 saturated heterocycles. The Labute approximate surface area is 129 Å². The van der Waals surface area contributed by atoms with Crippen LogP contribution in [0.2, 0.25) is 0 Å². The first-order chi connectivity index (χ1) is 10.7. The highest BCUT2D eigenvalue weighted by Gasteiger charge is 2.34. The Bertz CT molecular complexity index is 1050. The van der Waals surface area contributed by atoms with Crippen molar-refractivity contribution < 1.29 is 0 Å². The van der Waals surface area contributed by atoms with E-state index in [1.165, 1.54) is 38.6 Å². The molecule has 22 heavy (non-hydrogen) atoms. The molecule has 1 aliphatic heterocycles. The molecule has 0 spiro atoms. The Balaban J connectivity index is 2.15. The van der Waals surface area contributed by atoms with Gasteiger partial charge >= 0.3 is 0 Å². The summed E-state index contributed by atoms with van der Waals surface area (Å²) in [5, 5.41) is 2.59. The molecule has 0 aliphatic carbocycles. The lowest BCUT2D eigenvalue weighted by molar-refractivity contribution is 0.630. The van der Waals surface area contributed by atoms with E-state index in [0.29, 0.717) is 0 Å². The molecule has 0 radical (unpaired) electrons. The molecule has 106 valence electrons. The highest BCUT2D eigenvalue weighted by atomic mass is 15.0. The molecule has 0 fully saturated rings. The van der Waals surface area contributed by atoms with Crippen molar-refractivity contribution in [3.63, 3.8) is 0 Å². The van der Waals surface area contributed by atoms with Crippen LogP contribution in [-0.4, -0.2) is 9.55 Å². The molecule has 2 nitrogen and oxygen atoms in total. The zero-order valence-corrected chi connectivity index (χ0v) is 12.7. The van der Waals surface area contributed by atoms with Crippen molar-refractivity contribution in [1.82, 2.24) is 9.55 Å². The second-order valence-corrected chi connectivity index (χ2v) is 6.57. The third-order valence-corrected chi connectivity index (χ3v) is 5.08. The Morgan fingerprint density at radius 1 is 0.864 bits per heavy atom. The van der Waals surface area contributed by atoms with Crippen molar-refractivity contribution in [2.24, 2.45) is 0 Å². The van der Waals surface area contributed by atoms with Crippen LogP contribution in [0, 0.1) is 0 Å². The number of hydrogen-bond acceptors (Lipinski definition) is 1. The fraction of sp³-hybridized carbons (Fsp3) is 0.150. The minimum Gasteiger partial charge on any atom is -0.307 e. The lowest BCUT2D eigenvalue weighted by atomic mass is 9.75. The van der Waals surface area contributed by atoms with Gasteiger partial charge in [0, 0.05) is 22.4 Å². The van der Waals surface area contributed by atoms with Gasteiger partial charge in [-0.15, -0.1) is 0 Å². The number of nitrogens with zero attached hydrogens (tertiary/aromatic N) is 2. The van der Waals surface area contributed by atoms with Crippen molar-refractivity contribution in [3.05, 3.63) is 72.1 Å². The molecule has 2 aromatic heterocycles. The Kier molecular flexibility index (Phi) is 2.06. The van der Waals surface area contributed by atoms with E-state index in [2.05, 4.69) is 71.9 Å². The van der Waals surface area contributed by atoms with Gasteiger partial charge < -0.3 is 4.57 Å². The number of benzene rings is 2. The summed E-state index contributed by atoms with van der Waals surface area (Å²) in [5.74, 6) is 0. The Morgan fingerprint density at radius 3 is 2.59 bits per heavy atom. The summed E-state index contributed by atoms with van der Waals surface area (Å²) >= 11 is 0. The van der Waals surface area contributed by atoms with Crippen LogP contribution in [-0.2, 0) is 5.41 Å². The number of aromatic nitrogens is 2. The number of rotatable bonds is 0. The van der Waals surface area contributed by atoms with E-state index in [1.54, 1.807) is 0 Å². The molecule has 5 rings (SSSR count). The Morgan fingerprint density at radius 2 is 1.68 bits per heavy atom. The van der Waals surface area contributed by atoms with Gasteiger partial charge in [0.2, 0.25) is 0 Å². The van der Waals surface area contributed by atoms with Crippen molar-refractivity contribution in [2.75, 3.05) is 0 Å². The number of hydrogen-bond donors (Lipinski definition) is 0. The van der Waals surface area contributed by atoms with Gasteiger partial charge in [0.15, 0.2) is 0 Å². The average Bonchev–Trinajstić information content (AvgIpc) is 2.88. The highest BCUT2D eigenvalue weighted by molar-refractivity contribution is 6.11. The number of fused-ring (bicyclic) bond motifs is 5. The van der Waals surface area contributed by atoms with Crippen LogP contribution in [0.1, 0.15) is 25.0 Å². The highest BCUT2D eigenvalue weighted by Crippen LogP contribution is 2.46. The van der Waals surface area contributed by atoms with Gasteiger partial charge in [-0.3, -0.25) is 4.98 Å². The fourth-order valence-electron chi connectivity index (χ4n) is 4.01. The molecule has 3 heterocycles. The zero-order valence-electron chi connectivity index (χ0n) is 12.7. The predicted molar refractivity (Wildman–Crippen MR) is 90.7 cm³/mol. The maximum atomic E-state index is 4.36. The standard InChI is InChI=1S/C20H16N2/c1-20(2)15-7-3-4-9-17(15)22-18-12-21-11-10-13(18)14-6-5-8-16(20)19(14)22/h3-12H,1-2H3. The predicted octanol–water partition coefficient (Wildman–Crippen LogP) is 4.82. The molecule has 0 amide bonds. The minimum absolute atomic E-state index is 0.00785. The van der Waals surface area contributed by atoms with Crippen molar-refractivity contribution in [2.45, 2.75) is 19.3 Å². The topological polar surface area (TPSA) is 17.8 Å². The maximum Gasteiger partial charge on any atom is 0.0724 e. The van der Waals surface area contributed by atoms with Crippen LogP contribution in [0.15, 0.2) is 60.9 Å². The van der Waals surface area contributed by atoms with E-state index in [-0.39, 0.29) is 5.41 Å². The normalized spacial score (nSPS) is 15.2. The number of para-hydroxylation sites is 2. The summed E-state index contributed by atoms with van der Waals surface area (Å²) in [6.07, 6.45) is 3.86. The molecular formula is C20H16N2. The summed E-state index contributed by atoms with van der Waals surface area (Å²) < 4.78 is 2.38. The zero-order chi connectivity index (χ0) is 14.9. The molecule has 0 bridgehead atoms. The van der Waals surface area contributed by atoms with Crippen molar-refractivity contribution in [1.29, 1.82) is 0 Å². The van der Waals surface area contributed by atoms with Crippen LogP contribution < -0.4 is 0 Å². The smallest absolute Gasteiger partial charge is 0.0724 e. The van der Waals surface area contributed by atoms with E-state index in [4.69, 9.17) is 0 Å². The monoisotopic (exact) mass is 284 g/mol. The van der Waals surface area contributed by atoms with Gasteiger partial charge in [0.05, 0.1) is 22.9 Å². The lowest BCUT2D eigenvalue weighted by Gasteiger charge is -2.34. The van der Waals surface area contributed by atoms with E-state index in [1.807, 2.05) is 12.4 Å². The molecule has 0 atom stereocenters. The maximum absolute atomic E-state index is 4.36. The van der Waals surface area contributed by atoms with Gasteiger partial charge in [0.1, 0.15) is 0 Å². The minimum atomic E-state index is 0.00785. The van der Waals surface area contributed by atoms with E-state index < -0.39 is 0 Å². The summed E-state index contributed by atoms with van der Waals surface area (Å²) in [6, 6.07) is 17.5. The molecule has 0 N–H and O–H groups in total. The Hall–Kier alpha value is -2.61. The fourth-order valence-corrected chi connectivity index (χ4v) is 4.01. The van der Waals surface area contributed by atoms with Gasteiger partial charge in [-0.1, -0.05) is 50.2 Å². The second-order valence-electron chi connectivity index (χ2n) is 6.57. The second kappa shape index (κ2) is 3.77. The van der Waals surface area contributed by atoms with E-state index in [0.717, 1.165) is 0 Å². The van der Waals surface area contributed by atoms with Crippen LogP contribution in [0.3, 0.4) is 0 Å². The molecule has 2 heteroatoms. The first-order valence-corrected chi connectivity index (χ1v) is 7.67. The van der Waals surface area contributed by atoms with Crippen LogP contribution in [0.5, 0.6) is 0 Å². The summed E-state index contributed by atoms with van der Waals surface area (Å²) in [6.45, 7) is 4.64. The average molecular weight is 284 g/mol. The molecule has 0 saturated carbocycles. The first kappa shape index (κ1) is 12.0. The van der Waals surface area contributed by atoms with Gasteiger partial charge in [-0.25, -0.2) is 0 Å².